The molecule has 21 heavy (non-hydrogen) atoms. The van der Waals surface area contributed by atoms with Crippen LogP contribution < -0.4 is 5.32 Å². The summed E-state index contributed by atoms with van der Waals surface area (Å²) in [6, 6.07) is 12.2. The number of pyridine rings is 1. The molecule has 0 saturated heterocycles. The summed E-state index contributed by atoms with van der Waals surface area (Å²) < 4.78 is 0. The molecular formula is C16H13N3O2. The first-order chi connectivity index (χ1) is 10.2. The summed E-state index contributed by atoms with van der Waals surface area (Å²) in [5, 5.41) is 21.6. The number of aliphatic hydroxyl groups is 1. The Balaban J connectivity index is 1.80. The van der Waals surface area contributed by atoms with Crippen LogP contribution in [0.2, 0.25) is 0 Å². The Morgan fingerprint density at radius 2 is 2.14 bits per heavy atom. The highest BCUT2D eigenvalue weighted by atomic mass is 16.3. The van der Waals surface area contributed by atoms with Crippen LogP contribution in [0.3, 0.4) is 0 Å². The minimum absolute atomic E-state index is 0.227. The molecule has 1 heterocycles. The zero-order valence-electron chi connectivity index (χ0n) is 11.2. The Morgan fingerprint density at radius 1 is 1.33 bits per heavy atom. The molecule has 0 unspecified atom stereocenters. The van der Waals surface area contributed by atoms with Gasteiger partial charge in [-0.05, 0) is 23.3 Å². The number of benzene rings is 1. The van der Waals surface area contributed by atoms with Gasteiger partial charge in [-0.1, -0.05) is 24.3 Å². The molecule has 2 aromatic rings. The molecule has 1 aromatic heterocycles. The highest BCUT2D eigenvalue weighted by Crippen LogP contribution is 2.31. The van der Waals surface area contributed by atoms with Gasteiger partial charge in [0.15, 0.2) is 0 Å². The highest BCUT2D eigenvalue weighted by molar-refractivity contribution is 5.92. The lowest BCUT2D eigenvalue weighted by Gasteiger charge is -2.17. The number of hydrogen-bond donors (Lipinski definition) is 2. The molecule has 0 fully saturated rings. The molecule has 5 nitrogen and oxygen atoms in total. The summed E-state index contributed by atoms with van der Waals surface area (Å²) in [6.45, 7) is 0. The maximum Gasteiger partial charge on any atom is 0.270 e. The number of rotatable bonds is 2. The van der Waals surface area contributed by atoms with Crippen molar-refractivity contribution in [3.63, 3.8) is 0 Å². The van der Waals surface area contributed by atoms with Crippen molar-refractivity contribution < 1.29 is 9.90 Å². The second-order valence-electron chi connectivity index (χ2n) is 4.97. The van der Waals surface area contributed by atoms with Crippen LogP contribution in [-0.4, -0.2) is 22.1 Å². The van der Waals surface area contributed by atoms with Crippen LogP contribution in [0.5, 0.6) is 0 Å². The molecule has 1 aliphatic rings. The number of nitrogens with one attached hydrogen (secondary N) is 1. The van der Waals surface area contributed by atoms with Crippen molar-refractivity contribution in [2.45, 2.75) is 18.6 Å². The molecule has 0 saturated carbocycles. The van der Waals surface area contributed by atoms with Crippen LogP contribution in [0.4, 0.5) is 0 Å². The maximum absolute atomic E-state index is 12.2. The minimum atomic E-state index is -0.635. The highest BCUT2D eigenvalue weighted by Gasteiger charge is 2.32. The monoisotopic (exact) mass is 279 g/mol. The van der Waals surface area contributed by atoms with E-state index in [9.17, 15) is 9.90 Å². The number of fused-ring (bicyclic) bond motifs is 1. The number of aliphatic hydroxyl groups excluding tert-OH is 1. The van der Waals surface area contributed by atoms with E-state index in [0.717, 1.165) is 11.1 Å². The van der Waals surface area contributed by atoms with Gasteiger partial charge in [0, 0.05) is 12.6 Å². The molecule has 2 N–H and O–H groups in total. The van der Waals surface area contributed by atoms with Gasteiger partial charge in [0.25, 0.3) is 5.91 Å². The van der Waals surface area contributed by atoms with Crippen LogP contribution in [0.15, 0.2) is 42.6 Å². The van der Waals surface area contributed by atoms with E-state index in [-0.39, 0.29) is 11.6 Å². The largest absolute Gasteiger partial charge is 0.390 e. The number of nitrogens with zero attached hydrogens (tertiary/aromatic N) is 2. The Labute approximate surface area is 121 Å². The van der Waals surface area contributed by atoms with Crippen molar-refractivity contribution in [3.05, 3.63) is 65.0 Å². The molecule has 5 heteroatoms. The quantitative estimate of drug-likeness (QED) is 0.868. The summed E-state index contributed by atoms with van der Waals surface area (Å²) >= 11 is 0. The van der Waals surface area contributed by atoms with E-state index < -0.39 is 12.1 Å². The third kappa shape index (κ3) is 2.49. The fourth-order valence-corrected chi connectivity index (χ4v) is 2.56. The van der Waals surface area contributed by atoms with E-state index in [1.165, 1.54) is 12.3 Å². The van der Waals surface area contributed by atoms with Gasteiger partial charge in [-0.2, -0.15) is 5.26 Å². The number of carbonyl (C=O) groups excluding carboxylic acids is 1. The van der Waals surface area contributed by atoms with Gasteiger partial charge in [-0.3, -0.25) is 4.79 Å². The topological polar surface area (TPSA) is 86.0 Å². The van der Waals surface area contributed by atoms with Crippen molar-refractivity contribution in [2.24, 2.45) is 0 Å². The lowest BCUT2D eigenvalue weighted by atomic mass is 10.1. The van der Waals surface area contributed by atoms with Crippen LogP contribution in [0, 0.1) is 11.3 Å². The van der Waals surface area contributed by atoms with Gasteiger partial charge in [0.05, 0.1) is 17.7 Å². The van der Waals surface area contributed by atoms with Gasteiger partial charge in [-0.25, -0.2) is 4.98 Å². The van der Waals surface area contributed by atoms with Crippen LogP contribution in [-0.2, 0) is 6.42 Å². The van der Waals surface area contributed by atoms with E-state index in [1.807, 2.05) is 30.3 Å². The van der Waals surface area contributed by atoms with Crippen molar-refractivity contribution in [3.8, 4) is 6.07 Å². The number of hydrogen-bond acceptors (Lipinski definition) is 4. The molecule has 3 rings (SSSR count). The fourth-order valence-electron chi connectivity index (χ4n) is 2.56. The Bertz CT molecular complexity index is 719. The van der Waals surface area contributed by atoms with Crippen LogP contribution in [0.1, 0.15) is 33.2 Å². The first-order valence-corrected chi connectivity index (χ1v) is 6.62. The molecule has 0 radical (unpaired) electrons. The Hall–Kier alpha value is -2.71. The summed E-state index contributed by atoms with van der Waals surface area (Å²) in [7, 11) is 0. The molecule has 0 spiro atoms. The van der Waals surface area contributed by atoms with Gasteiger partial charge in [-0.15, -0.1) is 0 Å². The van der Waals surface area contributed by atoms with Crippen molar-refractivity contribution >= 4 is 5.91 Å². The van der Waals surface area contributed by atoms with E-state index in [1.54, 1.807) is 6.07 Å². The standard InChI is InChI=1S/C16H13N3O2/c17-8-10-5-6-13(18-9-10)16(21)19-15-12-4-2-1-3-11(12)7-14(15)20/h1-6,9,14-15,20H,7H2,(H,19,21)/t14-,15+/m1/s1. The van der Waals surface area contributed by atoms with Crippen molar-refractivity contribution in [1.82, 2.24) is 10.3 Å². The number of nitriles is 1. The lowest BCUT2D eigenvalue weighted by Crippen LogP contribution is -2.34. The van der Waals surface area contributed by atoms with Gasteiger partial charge in [0.2, 0.25) is 0 Å². The Morgan fingerprint density at radius 3 is 2.86 bits per heavy atom. The fraction of sp³-hybridized carbons (Fsp3) is 0.188. The molecule has 0 aliphatic heterocycles. The van der Waals surface area contributed by atoms with Crippen LogP contribution >= 0.6 is 0 Å². The van der Waals surface area contributed by atoms with Crippen molar-refractivity contribution in [1.29, 1.82) is 5.26 Å². The van der Waals surface area contributed by atoms with E-state index >= 15 is 0 Å². The smallest absolute Gasteiger partial charge is 0.270 e. The summed E-state index contributed by atoms with van der Waals surface area (Å²) in [4.78, 5) is 16.1. The first-order valence-electron chi connectivity index (χ1n) is 6.62. The lowest BCUT2D eigenvalue weighted by molar-refractivity contribution is 0.0853. The SMILES string of the molecule is N#Cc1ccc(C(=O)N[C@H]2c3ccccc3C[C@H]2O)nc1. The number of amides is 1. The summed E-state index contributed by atoms with van der Waals surface area (Å²) in [5.41, 5.74) is 2.61. The predicted molar refractivity (Wildman–Crippen MR) is 75.3 cm³/mol. The average molecular weight is 279 g/mol. The Kier molecular flexibility index (Phi) is 3.38. The van der Waals surface area contributed by atoms with Gasteiger partial charge >= 0.3 is 0 Å². The molecule has 1 aliphatic carbocycles. The summed E-state index contributed by atoms with van der Waals surface area (Å²) in [6.07, 6.45) is 1.25. The average Bonchev–Trinajstić information content (AvgIpc) is 2.83. The zero-order valence-corrected chi connectivity index (χ0v) is 11.2. The molecule has 1 amide bonds. The van der Waals surface area contributed by atoms with Crippen molar-refractivity contribution in [2.75, 3.05) is 0 Å². The zero-order chi connectivity index (χ0) is 14.8. The predicted octanol–water partition coefficient (Wildman–Crippen LogP) is 1.34. The molecule has 2 atom stereocenters. The van der Waals surface area contributed by atoms with E-state index in [0.29, 0.717) is 12.0 Å². The van der Waals surface area contributed by atoms with E-state index in [4.69, 9.17) is 5.26 Å². The molecule has 104 valence electrons. The number of aromatic nitrogens is 1. The maximum atomic E-state index is 12.2. The molecule has 1 aromatic carbocycles. The van der Waals surface area contributed by atoms with E-state index in [2.05, 4.69) is 10.3 Å². The third-order valence-electron chi connectivity index (χ3n) is 3.62. The molecular weight excluding hydrogens is 266 g/mol. The molecule has 0 bridgehead atoms. The van der Waals surface area contributed by atoms with Gasteiger partial charge in [0.1, 0.15) is 11.8 Å². The third-order valence-corrected chi connectivity index (χ3v) is 3.62. The second kappa shape index (κ2) is 5.35. The first kappa shape index (κ1) is 13.3. The summed E-state index contributed by atoms with van der Waals surface area (Å²) in [5.74, 6) is -0.361. The normalized spacial score (nSPS) is 19.6. The van der Waals surface area contributed by atoms with Gasteiger partial charge < -0.3 is 10.4 Å². The minimum Gasteiger partial charge on any atom is -0.390 e. The number of carbonyl (C=O) groups is 1. The second-order valence-corrected chi connectivity index (χ2v) is 4.97. The van der Waals surface area contributed by atoms with Crippen LogP contribution in [0.25, 0.3) is 0 Å².